The van der Waals surface area contributed by atoms with Crippen LogP contribution in [0.15, 0.2) is 30.3 Å². The van der Waals surface area contributed by atoms with Gasteiger partial charge in [-0.3, -0.25) is 0 Å². The summed E-state index contributed by atoms with van der Waals surface area (Å²) in [6.07, 6.45) is 0.578. The molecule has 0 bridgehead atoms. The molecule has 1 aliphatic rings. The molecule has 0 amide bonds. The van der Waals surface area contributed by atoms with Crippen molar-refractivity contribution in [2.75, 3.05) is 18.6 Å². The van der Waals surface area contributed by atoms with Gasteiger partial charge in [-0.05, 0) is 23.9 Å². The molecule has 0 fully saturated rings. The first-order valence-electron chi connectivity index (χ1n) is 7.83. The largest absolute Gasteiger partial charge is 0.493 e. The molecule has 1 aromatic heterocycles. The maximum absolute atomic E-state index is 14.0. The fourth-order valence-electron chi connectivity index (χ4n) is 3.24. The Balaban J connectivity index is 1.81. The Morgan fingerprint density at radius 2 is 2.08 bits per heavy atom. The van der Waals surface area contributed by atoms with Gasteiger partial charge in [0.05, 0.1) is 24.4 Å². The molecule has 5 nitrogen and oxygen atoms in total. The summed E-state index contributed by atoms with van der Waals surface area (Å²) in [4.78, 5) is 10.3. The highest BCUT2D eigenvalue weighted by atomic mass is 35.5. The maximum atomic E-state index is 14.0. The third kappa shape index (κ3) is 2.62. The third-order valence-electron chi connectivity index (χ3n) is 4.46. The average Bonchev–Trinajstić information content (AvgIpc) is 2.63. The van der Waals surface area contributed by atoms with Crippen molar-refractivity contribution in [3.8, 4) is 11.9 Å². The summed E-state index contributed by atoms with van der Waals surface area (Å²) in [6.45, 7) is 1.09. The second-order valence-electron chi connectivity index (χ2n) is 5.87. The number of aromatic hydroxyl groups is 1. The van der Waals surface area contributed by atoms with E-state index in [1.165, 1.54) is 13.2 Å². The van der Waals surface area contributed by atoms with Gasteiger partial charge in [0.15, 0.2) is 0 Å². The summed E-state index contributed by atoms with van der Waals surface area (Å²) in [5.74, 6) is -0.496. The van der Waals surface area contributed by atoms with E-state index in [1.54, 1.807) is 6.07 Å². The zero-order valence-electron chi connectivity index (χ0n) is 13.5. The van der Waals surface area contributed by atoms with Crippen LogP contribution in [0.2, 0.25) is 5.02 Å². The van der Waals surface area contributed by atoms with Crippen molar-refractivity contribution in [3.05, 3.63) is 52.4 Å². The topological polar surface area (TPSA) is 58.5 Å². The van der Waals surface area contributed by atoms with Gasteiger partial charge in [-0.15, -0.1) is 0 Å². The fraction of sp³-hybridized carbons (Fsp3) is 0.222. The van der Waals surface area contributed by atoms with Crippen LogP contribution in [-0.2, 0) is 13.0 Å². The summed E-state index contributed by atoms with van der Waals surface area (Å²) < 4.78 is 19.0. The number of hydrogen-bond acceptors (Lipinski definition) is 5. The minimum absolute atomic E-state index is 0.0523. The van der Waals surface area contributed by atoms with E-state index in [4.69, 9.17) is 16.3 Å². The van der Waals surface area contributed by atoms with Crippen molar-refractivity contribution >= 4 is 28.1 Å². The number of nitrogens with zero attached hydrogens (tertiary/aromatic N) is 3. The molecule has 0 unspecified atom stereocenters. The number of anilines is 1. The van der Waals surface area contributed by atoms with Crippen molar-refractivity contribution in [2.24, 2.45) is 0 Å². The van der Waals surface area contributed by atoms with Gasteiger partial charge in [0.2, 0.25) is 5.88 Å². The molecule has 0 saturated heterocycles. The van der Waals surface area contributed by atoms with Crippen LogP contribution >= 0.6 is 11.6 Å². The lowest BCUT2D eigenvalue weighted by Gasteiger charge is -2.31. The van der Waals surface area contributed by atoms with Gasteiger partial charge >= 0.3 is 6.01 Å². The SMILES string of the molecule is COc1nc(O)c2c(n1)CN(c1cccc3ccc(F)c(Cl)c13)CC2. The highest BCUT2D eigenvalue weighted by Gasteiger charge is 2.24. The summed E-state index contributed by atoms with van der Waals surface area (Å²) >= 11 is 6.24. The van der Waals surface area contributed by atoms with Crippen LogP contribution < -0.4 is 9.64 Å². The molecule has 25 heavy (non-hydrogen) atoms. The lowest BCUT2D eigenvalue weighted by atomic mass is 10.0. The zero-order valence-corrected chi connectivity index (χ0v) is 14.2. The normalized spacial score (nSPS) is 13.8. The number of rotatable bonds is 2. The number of hydrogen-bond donors (Lipinski definition) is 1. The number of methoxy groups -OCH3 is 1. The Labute approximate surface area is 148 Å². The molecule has 4 rings (SSSR count). The summed E-state index contributed by atoms with van der Waals surface area (Å²) in [6, 6.07) is 8.95. The van der Waals surface area contributed by atoms with Gasteiger partial charge in [0.25, 0.3) is 0 Å². The molecule has 1 N–H and O–H groups in total. The van der Waals surface area contributed by atoms with E-state index in [1.807, 2.05) is 18.2 Å². The molecule has 128 valence electrons. The maximum Gasteiger partial charge on any atom is 0.319 e. The van der Waals surface area contributed by atoms with Gasteiger partial charge in [-0.25, -0.2) is 4.39 Å². The Hall–Kier alpha value is -2.60. The number of halogens is 2. The Morgan fingerprint density at radius 3 is 2.88 bits per heavy atom. The zero-order chi connectivity index (χ0) is 17.6. The van der Waals surface area contributed by atoms with Gasteiger partial charge in [-0.2, -0.15) is 9.97 Å². The molecule has 2 aromatic carbocycles. The van der Waals surface area contributed by atoms with Crippen LogP contribution in [0.1, 0.15) is 11.3 Å². The highest BCUT2D eigenvalue weighted by Crippen LogP contribution is 2.37. The van der Waals surface area contributed by atoms with E-state index in [2.05, 4.69) is 14.9 Å². The lowest BCUT2D eigenvalue weighted by molar-refractivity contribution is 0.357. The van der Waals surface area contributed by atoms with E-state index in [0.717, 1.165) is 16.6 Å². The fourth-order valence-corrected chi connectivity index (χ4v) is 3.51. The molecule has 7 heteroatoms. The third-order valence-corrected chi connectivity index (χ3v) is 4.83. The second kappa shape index (κ2) is 6.04. The number of aromatic nitrogens is 2. The van der Waals surface area contributed by atoms with Crippen molar-refractivity contribution in [2.45, 2.75) is 13.0 Å². The highest BCUT2D eigenvalue weighted by molar-refractivity contribution is 6.36. The summed E-state index contributed by atoms with van der Waals surface area (Å²) in [7, 11) is 1.45. The van der Waals surface area contributed by atoms with Gasteiger partial charge in [0.1, 0.15) is 5.82 Å². The minimum atomic E-state index is -0.444. The molecule has 0 atom stereocenters. The van der Waals surface area contributed by atoms with E-state index in [0.29, 0.717) is 30.6 Å². The van der Waals surface area contributed by atoms with Gasteiger partial charge in [0, 0.05) is 23.2 Å². The van der Waals surface area contributed by atoms with Crippen molar-refractivity contribution in [1.82, 2.24) is 9.97 Å². The molecular weight excluding hydrogens is 345 g/mol. The van der Waals surface area contributed by atoms with E-state index >= 15 is 0 Å². The molecule has 0 saturated carbocycles. The van der Waals surface area contributed by atoms with Gasteiger partial charge in [-0.1, -0.05) is 29.8 Å². The predicted octanol–water partition coefficient (Wildman–Crippen LogP) is 3.70. The van der Waals surface area contributed by atoms with Crippen LogP contribution in [0.5, 0.6) is 11.9 Å². The molecule has 1 aliphatic heterocycles. The molecule has 0 spiro atoms. The van der Waals surface area contributed by atoms with E-state index in [9.17, 15) is 9.50 Å². The van der Waals surface area contributed by atoms with Crippen molar-refractivity contribution in [1.29, 1.82) is 0 Å². The first-order valence-corrected chi connectivity index (χ1v) is 8.20. The Morgan fingerprint density at radius 1 is 1.24 bits per heavy atom. The second-order valence-corrected chi connectivity index (χ2v) is 6.25. The number of fused-ring (bicyclic) bond motifs is 2. The van der Waals surface area contributed by atoms with Crippen LogP contribution in [-0.4, -0.2) is 28.7 Å². The first-order chi connectivity index (χ1) is 12.1. The molecule has 0 radical (unpaired) electrons. The first kappa shape index (κ1) is 15.9. The smallest absolute Gasteiger partial charge is 0.319 e. The Bertz CT molecular complexity index is 980. The standard InChI is InChI=1S/C18H15ClFN3O2/c1-25-18-21-13-9-23(8-7-11(13)17(24)22-18)14-4-2-3-10-5-6-12(20)16(19)15(10)14/h2-6H,7-9H2,1H3,(H,21,22,24). The quantitative estimate of drug-likeness (QED) is 0.756. The summed E-state index contributed by atoms with van der Waals surface area (Å²) in [5, 5.41) is 11.7. The van der Waals surface area contributed by atoms with Crippen molar-refractivity contribution < 1.29 is 14.2 Å². The van der Waals surface area contributed by atoms with Crippen molar-refractivity contribution in [3.63, 3.8) is 0 Å². The monoisotopic (exact) mass is 359 g/mol. The average molecular weight is 360 g/mol. The number of ether oxygens (including phenoxy) is 1. The van der Waals surface area contributed by atoms with Gasteiger partial charge < -0.3 is 14.7 Å². The van der Waals surface area contributed by atoms with Crippen LogP contribution in [0.25, 0.3) is 10.8 Å². The Kier molecular flexibility index (Phi) is 3.84. The minimum Gasteiger partial charge on any atom is -0.493 e. The molecule has 2 heterocycles. The molecule has 3 aromatic rings. The van der Waals surface area contributed by atoms with Crippen LogP contribution in [0.4, 0.5) is 10.1 Å². The molecular formula is C18H15ClFN3O2. The number of benzene rings is 2. The van der Waals surface area contributed by atoms with Crippen LogP contribution in [0.3, 0.4) is 0 Å². The lowest BCUT2D eigenvalue weighted by Crippen LogP contribution is -2.31. The summed E-state index contributed by atoms with van der Waals surface area (Å²) in [5.41, 5.74) is 2.25. The van der Waals surface area contributed by atoms with E-state index in [-0.39, 0.29) is 16.9 Å². The molecule has 0 aliphatic carbocycles. The van der Waals surface area contributed by atoms with E-state index < -0.39 is 5.82 Å². The predicted molar refractivity (Wildman–Crippen MR) is 93.9 cm³/mol. The van der Waals surface area contributed by atoms with Crippen LogP contribution in [0, 0.1) is 5.82 Å².